The molecule has 0 saturated carbocycles. The van der Waals surface area contributed by atoms with Crippen LogP contribution in [0.25, 0.3) is 10.2 Å². The van der Waals surface area contributed by atoms with E-state index in [1.165, 1.54) is 27.8 Å². The van der Waals surface area contributed by atoms with Crippen LogP contribution in [-0.2, 0) is 16.6 Å². The molecule has 0 bridgehead atoms. The molecule has 1 amide bonds. The van der Waals surface area contributed by atoms with Crippen LogP contribution in [-0.4, -0.2) is 36.3 Å². The number of unbranched alkanes of at least 4 members (excludes halogenated alkanes) is 1. The van der Waals surface area contributed by atoms with Crippen molar-refractivity contribution in [2.24, 2.45) is 4.99 Å². The Hall–Kier alpha value is -2.29. The first-order valence-corrected chi connectivity index (χ1v) is 13.3. The molecular formula is C24H31N3O3S2. The van der Waals surface area contributed by atoms with Crippen LogP contribution in [0.3, 0.4) is 0 Å². The molecule has 2 aromatic carbocycles. The summed E-state index contributed by atoms with van der Waals surface area (Å²) >= 11 is 1.51. The summed E-state index contributed by atoms with van der Waals surface area (Å²) in [5, 5.41) is 0. The predicted octanol–water partition coefficient (Wildman–Crippen LogP) is 4.89. The fourth-order valence-electron chi connectivity index (χ4n) is 3.71. The van der Waals surface area contributed by atoms with E-state index in [1.807, 2.05) is 20.8 Å². The smallest absolute Gasteiger partial charge is 0.279 e. The maximum Gasteiger partial charge on any atom is 0.279 e. The summed E-state index contributed by atoms with van der Waals surface area (Å²) in [6.45, 7) is 11.6. The fourth-order valence-corrected chi connectivity index (χ4v) is 6.43. The molecule has 0 unspecified atom stereocenters. The molecule has 0 fully saturated rings. The highest BCUT2D eigenvalue weighted by molar-refractivity contribution is 7.89. The Morgan fingerprint density at radius 2 is 1.69 bits per heavy atom. The highest BCUT2D eigenvalue weighted by Crippen LogP contribution is 2.25. The van der Waals surface area contributed by atoms with Gasteiger partial charge >= 0.3 is 0 Å². The molecule has 0 saturated heterocycles. The Labute approximate surface area is 194 Å². The number of thiazole rings is 1. The number of aromatic nitrogens is 1. The monoisotopic (exact) mass is 473 g/mol. The first-order valence-electron chi connectivity index (χ1n) is 11.0. The zero-order valence-electron chi connectivity index (χ0n) is 19.4. The third-order valence-electron chi connectivity index (χ3n) is 5.59. The van der Waals surface area contributed by atoms with Gasteiger partial charge in [0.1, 0.15) is 0 Å². The molecule has 0 radical (unpaired) electrons. The molecule has 0 aliphatic heterocycles. The van der Waals surface area contributed by atoms with Gasteiger partial charge in [-0.2, -0.15) is 9.30 Å². The van der Waals surface area contributed by atoms with Gasteiger partial charge < -0.3 is 4.57 Å². The third kappa shape index (κ3) is 4.72. The Morgan fingerprint density at radius 1 is 1.03 bits per heavy atom. The lowest BCUT2D eigenvalue weighted by atomic mass is 10.1. The standard InChI is InChI=1S/C24H31N3O3S2/c1-6-9-16-26(7-2)32(29,30)20-14-12-19(13-15-20)23(28)25-24-27(8-3)21-17(4)10-11-18(5)22(21)31-24/h10-15H,6-9,16H2,1-5H3. The Morgan fingerprint density at radius 3 is 2.28 bits per heavy atom. The van der Waals surface area contributed by atoms with Gasteiger partial charge in [0.15, 0.2) is 4.80 Å². The van der Waals surface area contributed by atoms with Gasteiger partial charge in [0.25, 0.3) is 5.91 Å². The van der Waals surface area contributed by atoms with Crippen molar-refractivity contribution in [2.45, 2.75) is 58.9 Å². The van der Waals surface area contributed by atoms with E-state index in [2.05, 4.69) is 35.5 Å². The van der Waals surface area contributed by atoms with Crippen LogP contribution in [0.1, 0.15) is 55.1 Å². The number of carbonyl (C=O) groups is 1. The molecule has 0 atom stereocenters. The van der Waals surface area contributed by atoms with Crippen molar-refractivity contribution in [1.29, 1.82) is 0 Å². The van der Waals surface area contributed by atoms with E-state index in [0.29, 0.717) is 30.0 Å². The maximum absolute atomic E-state index is 12.9. The fraction of sp³-hybridized carbons (Fsp3) is 0.417. The summed E-state index contributed by atoms with van der Waals surface area (Å²) in [4.78, 5) is 18.1. The Kier molecular flexibility index (Phi) is 7.69. The molecule has 3 rings (SSSR count). The quantitative estimate of drug-likeness (QED) is 0.468. The molecule has 0 aliphatic carbocycles. The summed E-state index contributed by atoms with van der Waals surface area (Å²) in [6, 6.07) is 10.3. The van der Waals surface area contributed by atoms with Crippen molar-refractivity contribution >= 4 is 37.5 Å². The summed E-state index contributed by atoms with van der Waals surface area (Å²) in [5.41, 5.74) is 3.78. The SMILES string of the molecule is CCCCN(CC)S(=O)(=O)c1ccc(C(=O)N=c2sc3c(C)ccc(C)c3n2CC)cc1. The van der Waals surface area contributed by atoms with Crippen molar-refractivity contribution in [3.63, 3.8) is 0 Å². The van der Waals surface area contributed by atoms with Crippen molar-refractivity contribution < 1.29 is 13.2 Å². The largest absolute Gasteiger partial charge is 0.316 e. The van der Waals surface area contributed by atoms with Crippen molar-refractivity contribution in [2.75, 3.05) is 13.1 Å². The number of hydrogen-bond donors (Lipinski definition) is 0. The highest BCUT2D eigenvalue weighted by Gasteiger charge is 2.22. The van der Waals surface area contributed by atoms with E-state index < -0.39 is 10.0 Å². The van der Waals surface area contributed by atoms with E-state index >= 15 is 0 Å². The Balaban J connectivity index is 1.96. The number of aryl methyl sites for hydroxylation is 3. The highest BCUT2D eigenvalue weighted by atomic mass is 32.2. The molecule has 0 aliphatic rings. The minimum atomic E-state index is -3.57. The third-order valence-corrected chi connectivity index (χ3v) is 8.79. The average molecular weight is 474 g/mol. The molecular weight excluding hydrogens is 442 g/mol. The van der Waals surface area contributed by atoms with Gasteiger partial charge in [0.2, 0.25) is 10.0 Å². The van der Waals surface area contributed by atoms with Crippen molar-refractivity contribution in [3.8, 4) is 0 Å². The first kappa shape index (κ1) is 24.4. The van der Waals surface area contributed by atoms with Crippen molar-refractivity contribution in [3.05, 3.63) is 57.9 Å². The van der Waals surface area contributed by atoms with Crippen LogP contribution >= 0.6 is 11.3 Å². The lowest BCUT2D eigenvalue weighted by Gasteiger charge is -2.20. The second-order valence-electron chi connectivity index (χ2n) is 7.80. The van der Waals surface area contributed by atoms with Crippen LogP contribution in [0.5, 0.6) is 0 Å². The van der Waals surface area contributed by atoms with Crippen LogP contribution < -0.4 is 4.80 Å². The second kappa shape index (κ2) is 10.1. The molecule has 1 heterocycles. The molecule has 32 heavy (non-hydrogen) atoms. The molecule has 0 spiro atoms. The Bertz CT molecular complexity index is 1290. The average Bonchev–Trinajstić information content (AvgIpc) is 3.16. The normalized spacial score (nSPS) is 12.8. The number of amides is 1. The molecule has 1 aromatic heterocycles. The number of carbonyl (C=O) groups excluding carboxylic acids is 1. The number of nitrogens with zero attached hydrogens (tertiary/aromatic N) is 3. The van der Waals surface area contributed by atoms with Crippen LogP contribution in [0.4, 0.5) is 0 Å². The lowest BCUT2D eigenvalue weighted by Crippen LogP contribution is -2.31. The number of fused-ring (bicyclic) bond motifs is 1. The number of hydrogen-bond acceptors (Lipinski definition) is 4. The van der Waals surface area contributed by atoms with Crippen molar-refractivity contribution in [1.82, 2.24) is 8.87 Å². The molecule has 172 valence electrons. The zero-order valence-corrected chi connectivity index (χ0v) is 21.0. The maximum atomic E-state index is 12.9. The van der Waals surface area contributed by atoms with Gasteiger partial charge in [-0.3, -0.25) is 4.79 Å². The van der Waals surface area contributed by atoms with E-state index in [1.54, 1.807) is 12.1 Å². The van der Waals surface area contributed by atoms with Gasteiger partial charge in [-0.05, 0) is 62.6 Å². The number of benzene rings is 2. The van der Waals surface area contributed by atoms with E-state index in [0.717, 1.165) is 34.2 Å². The summed E-state index contributed by atoms with van der Waals surface area (Å²) < 4.78 is 30.5. The zero-order chi connectivity index (χ0) is 23.5. The predicted molar refractivity (Wildman–Crippen MR) is 131 cm³/mol. The van der Waals surface area contributed by atoms with Crippen LogP contribution in [0.15, 0.2) is 46.3 Å². The summed E-state index contributed by atoms with van der Waals surface area (Å²) in [6.07, 6.45) is 1.74. The first-order chi connectivity index (χ1) is 15.2. The molecule has 6 nitrogen and oxygen atoms in total. The van der Waals surface area contributed by atoms with E-state index in [9.17, 15) is 13.2 Å². The van der Waals surface area contributed by atoms with Gasteiger partial charge in [0, 0.05) is 25.2 Å². The molecule has 8 heteroatoms. The summed E-state index contributed by atoms with van der Waals surface area (Å²) in [5.74, 6) is -0.378. The van der Waals surface area contributed by atoms with E-state index in [-0.39, 0.29) is 10.8 Å². The number of rotatable bonds is 8. The number of sulfonamides is 1. The van der Waals surface area contributed by atoms with Gasteiger partial charge in [-0.1, -0.05) is 43.7 Å². The van der Waals surface area contributed by atoms with Gasteiger partial charge in [0.05, 0.1) is 15.1 Å². The second-order valence-corrected chi connectivity index (χ2v) is 10.7. The summed E-state index contributed by atoms with van der Waals surface area (Å²) in [7, 11) is -3.57. The molecule has 0 N–H and O–H groups in total. The lowest BCUT2D eigenvalue weighted by molar-refractivity contribution is 0.0997. The van der Waals surface area contributed by atoms with Gasteiger partial charge in [-0.25, -0.2) is 8.42 Å². The van der Waals surface area contributed by atoms with Crippen LogP contribution in [0, 0.1) is 13.8 Å². The van der Waals surface area contributed by atoms with Gasteiger partial charge in [-0.15, -0.1) is 0 Å². The minimum Gasteiger partial charge on any atom is -0.316 e. The topological polar surface area (TPSA) is 71.7 Å². The minimum absolute atomic E-state index is 0.198. The van der Waals surface area contributed by atoms with Crippen LogP contribution in [0.2, 0.25) is 0 Å². The van der Waals surface area contributed by atoms with E-state index in [4.69, 9.17) is 0 Å². The molecule has 3 aromatic rings.